The number of nitrogens with zero attached hydrogens (tertiary/aromatic N) is 3. The molecule has 0 aromatic carbocycles. The van der Waals surface area contributed by atoms with E-state index in [1.807, 2.05) is 0 Å². The molecule has 0 saturated heterocycles. The lowest BCUT2D eigenvalue weighted by Gasteiger charge is -2.21. The van der Waals surface area contributed by atoms with Gasteiger partial charge in [-0.2, -0.15) is 0 Å². The minimum Gasteiger partial charge on any atom is -0.345 e. The topological polar surface area (TPSA) is 60.6 Å². The van der Waals surface area contributed by atoms with Crippen LogP contribution in [0.4, 0.5) is 0 Å². The summed E-state index contributed by atoms with van der Waals surface area (Å²) in [5, 5.41) is 0. The van der Waals surface area contributed by atoms with Crippen LogP contribution in [0.15, 0.2) is 0 Å². The average molecular weight is 303 g/mol. The molecule has 122 valence electrons. The normalized spacial score (nSPS) is 11.5. The van der Waals surface area contributed by atoms with Gasteiger partial charge in [0.05, 0.1) is 22.8 Å². The third-order valence-corrected chi connectivity index (χ3v) is 4.04. The molecule has 2 aromatic heterocycles. The predicted octanol–water partition coefficient (Wildman–Crippen LogP) is 3.29. The van der Waals surface area contributed by atoms with E-state index in [0.29, 0.717) is 0 Å². The van der Waals surface area contributed by atoms with Gasteiger partial charge in [-0.3, -0.25) is 4.90 Å². The number of hydrogen-bond donors (Lipinski definition) is 2. The van der Waals surface area contributed by atoms with Crippen molar-refractivity contribution in [2.75, 3.05) is 6.54 Å². The van der Waals surface area contributed by atoms with Crippen LogP contribution in [-0.2, 0) is 25.9 Å². The Morgan fingerprint density at radius 3 is 1.59 bits per heavy atom. The Hall–Kier alpha value is -1.62. The molecule has 0 aliphatic carbocycles. The second-order valence-electron chi connectivity index (χ2n) is 5.91. The Morgan fingerprint density at radius 1 is 0.818 bits per heavy atom. The summed E-state index contributed by atoms with van der Waals surface area (Å²) >= 11 is 0. The summed E-state index contributed by atoms with van der Waals surface area (Å²) in [6.45, 7) is 13.6. The summed E-state index contributed by atoms with van der Waals surface area (Å²) in [5.41, 5.74) is 4.71. The lowest BCUT2D eigenvalue weighted by atomic mass is 10.2. The molecule has 22 heavy (non-hydrogen) atoms. The monoisotopic (exact) mass is 303 g/mol. The second-order valence-corrected chi connectivity index (χ2v) is 5.91. The quantitative estimate of drug-likeness (QED) is 0.786. The minimum atomic E-state index is 0.909. The second kappa shape index (κ2) is 7.58. The standard InChI is InChI=1S/C17H29N5/c1-6-9-22(10-14-12(4)18-16(7-2)20-14)11-15-13(5)19-17(8-3)21-15/h6-11H2,1-5H3,(H,18,20)(H,19,21). The molecule has 2 aromatic rings. The number of aromatic amines is 2. The van der Waals surface area contributed by atoms with Crippen molar-refractivity contribution < 1.29 is 0 Å². The fourth-order valence-corrected chi connectivity index (χ4v) is 2.75. The highest BCUT2D eigenvalue weighted by Crippen LogP contribution is 2.14. The van der Waals surface area contributed by atoms with Crippen LogP contribution in [0.2, 0.25) is 0 Å². The maximum Gasteiger partial charge on any atom is 0.106 e. The maximum atomic E-state index is 4.58. The van der Waals surface area contributed by atoms with Crippen molar-refractivity contribution in [1.82, 2.24) is 24.8 Å². The number of H-pyrrole nitrogens is 2. The molecular weight excluding hydrogens is 274 g/mol. The van der Waals surface area contributed by atoms with E-state index >= 15 is 0 Å². The number of hydrogen-bond acceptors (Lipinski definition) is 3. The van der Waals surface area contributed by atoms with Gasteiger partial charge in [0.2, 0.25) is 0 Å². The minimum absolute atomic E-state index is 0.909. The van der Waals surface area contributed by atoms with E-state index in [1.54, 1.807) is 0 Å². The molecule has 5 nitrogen and oxygen atoms in total. The van der Waals surface area contributed by atoms with Crippen LogP contribution in [-0.4, -0.2) is 31.4 Å². The number of imidazole rings is 2. The van der Waals surface area contributed by atoms with Crippen LogP contribution in [0.1, 0.15) is 61.6 Å². The highest BCUT2D eigenvalue weighted by molar-refractivity contribution is 5.15. The Balaban J connectivity index is 2.11. The van der Waals surface area contributed by atoms with Gasteiger partial charge in [-0.25, -0.2) is 9.97 Å². The van der Waals surface area contributed by atoms with E-state index in [-0.39, 0.29) is 0 Å². The molecule has 5 heteroatoms. The van der Waals surface area contributed by atoms with Gasteiger partial charge in [0, 0.05) is 25.9 Å². The van der Waals surface area contributed by atoms with Gasteiger partial charge in [-0.05, 0) is 26.8 Å². The van der Waals surface area contributed by atoms with Crippen molar-refractivity contribution in [2.45, 2.75) is 67.0 Å². The van der Waals surface area contributed by atoms with Crippen LogP contribution in [0.3, 0.4) is 0 Å². The summed E-state index contributed by atoms with van der Waals surface area (Å²) in [6.07, 6.45) is 3.05. The highest BCUT2D eigenvalue weighted by Gasteiger charge is 2.14. The van der Waals surface area contributed by atoms with Crippen molar-refractivity contribution in [3.05, 3.63) is 34.4 Å². The lowest BCUT2D eigenvalue weighted by Crippen LogP contribution is -2.25. The van der Waals surface area contributed by atoms with Crippen LogP contribution in [0, 0.1) is 13.8 Å². The SMILES string of the molecule is CCCN(Cc1[nH]c(CC)nc1C)Cc1[nH]c(CC)nc1C. The van der Waals surface area contributed by atoms with E-state index in [9.17, 15) is 0 Å². The fraction of sp³-hybridized carbons (Fsp3) is 0.647. The fourth-order valence-electron chi connectivity index (χ4n) is 2.75. The number of nitrogens with one attached hydrogen (secondary N) is 2. The molecule has 0 unspecified atom stereocenters. The van der Waals surface area contributed by atoms with E-state index in [1.165, 1.54) is 11.4 Å². The zero-order valence-electron chi connectivity index (χ0n) is 14.6. The third kappa shape index (κ3) is 3.97. The smallest absolute Gasteiger partial charge is 0.106 e. The Kier molecular flexibility index (Phi) is 5.77. The van der Waals surface area contributed by atoms with Crippen molar-refractivity contribution in [3.63, 3.8) is 0 Å². The molecule has 0 saturated carbocycles. The Labute approximate surface area is 133 Å². The zero-order chi connectivity index (χ0) is 16.1. The molecular formula is C17H29N5. The van der Waals surface area contributed by atoms with Gasteiger partial charge < -0.3 is 9.97 Å². The zero-order valence-corrected chi connectivity index (χ0v) is 14.6. The van der Waals surface area contributed by atoms with E-state index < -0.39 is 0 Å². The highest BCUT2D eigenvalue weighted by atomic mass is 15.2. The first-order valence-corrected chi connectivity index (χ1v) is 8.38. The predicted molar refractivity (Wildman–Crippen MR) is 89.8 cm³/mol. The van der Waals surface area contributed by atoms with E-state index in [0.717, 1.165) is 61.9 Å². The summed E-state index contributed by atoms with van der Waals surface area (Å²) in [5.74, 6) is 2.16. The van der Waals surface area contributed by atoms with E-state index in [4.69, 9.17) is 0 Å². The molecule has 0 amide bonds. The molecule has 0 aliphatic heterocycles. The summed E-state index contributed by atoms with van der Waals surface area (Å²) in [6, 6.07) is 0. The van der Waals surface area contributed by atoms with Crippen LogP contribution in [0.25, 0.3) is 0 Å². The Bertz CT molecular complexity index is 546. The first-order valence-electron chi connectivity index (χ1n) is 8.38. The molecule has 0 spiro atoms. The van der Waals surface area contributed by atoms with Crippen molar-refractivity contribution in [2.24, 2.45) is 0 Å². The van der Waals surface area contributed by atoms with Gasteiger partial charge in [-0.1, -0.05) is 20.8 Å². The van der Waals surface area contributed by atoms with Crippen LogP contribution in [0.5, 0.6) is 0 Å². The number of rotatable bonds is 8. The largest absolute Gasteiger partial charge is 0.345 e. The first-order chi connectivity index (χ1) is 10.6. The lowest BCUT2D eigenvalue weighted by molar-refractivity contribution is 0.251. The number of aromatic nitrogens is 4. The Morgan fingerprint density at radius 2 is 1.27 bits per heavy atom. The molecule has 0 atom stereocenters. The van der Waals surface area contributed by atoms with Gasteiger partial charge >= 0.3 is 0 Å². The van der Waals surface area contributed by atoms with Crippen LogP contribution < -0.4 is 0 Å². The molecule has 2 rings (SSSR count). The number of aryl methyl sites for hydroxylation is 4. The summed E-state index contributed by atoms with van der Waals surface area (Å²) < 4.78 is 0. The molecule has 2 heterocycles. The van der Waals surface area contributed by atoms with Crippen LogP contribution >= 0.6 is 0 Å². The van der Waals surface area contributed by atoms with Crippen molar-refractivity contribution >= 4 is 0 Å². The summed E-state index contributed by atoms with van der Waals surface area (Å²) in [7, 11) is 0. The van der Waals surface area contributed by atoms with Gasteiger partial charge in [0.25, 0.3) is 0 Å². The molecule has 0 aliphatic rings. The molecule has 0 fully saturated rings. The van der Waals surface area contributed by atoms with Crippen molar-refractivity contribution in [1.29, 1.82) is 0 Å². The van der Waals surface area contributed by atoms with Gasteiger partial charge in [0.1, 0.15) is 11.6 Å². The third-order valence-electron chi connectivity index (χ3n) is 4.04. The van der Waals surface area contributed by atoms with Gasteiger partial charge in [0.15, 0.2) is 0 Å². The average Bonchev–Trinajstić information content (AvgIpc) is 3.03. The first kappa shape index (κ1) is 16.7. The molecule has 0 radical (unpaired) electrons. The molecule has 0 bridgehead atoms. The van der Waals surface area contributed by atoms with Gasteiger partial charge in [-0.15, -0.1) is 0 Å². The summed E-state index contributed by atoms with van der Waals surface area (Å²) in [4.78, 5) is 18.5. The maximum absolute atomic E-state index is 4.58. The van der Waals surface area contributed by atoms with E-state index in [2.05, 4.69) is 59.5 Å². The molecule has 2 N–H and O–H groups in total. The van der Waals surface area contributed by atoms with Crippen molar-refractivity contribution in [3.8, 4) is 0 Å².